The quantitative estimate of drug-likeness (QED) is 0.684. The van der Waals surface area contributed by atoms with E-state index in [1.165, 1.54) is 10.9 Å². The molecule has 0 radical (unpaired) electrons. The molecule has 1 aromatic heterocycles. The van der Waals surface area contributed by atoms with Gasteiger partial charge < -0.3 is 24.7 Å². The molecule has 2 aliphatic rings. The summed E-state index contributed by atoms with van der Waals surface area (Å²) >= 11 is 0. The summed E-state index contributed by atoms with van der Waals surface area (Å²) in [4.78, 5) is 30.1. The van der Waals surface area contributed by atoms with Gasteiger partial charge in [0.1, 0.15) is 13.2 Å². The number of hydrogen-bond acceptors (Lipinski definition) is 4. The van der Waals surface area contributed by atoms with E-state index in [4.69, 9.17) is 9.47 Å². The molecule has 1 atom stereocenters. The molecule has 7 nitrogen and oxygen atoms in total. The van der Waals surface area contributed by atoms with Crippen LogP contribution in [-0.2, 0) is 16.0 Å². The van der Waals surface area contributed by atoms with Crippen molar-refractivity contribution in [3.8, 4) is 11.5 Å². The van der Waals surface area contributed by atoms with Gasteiger partial charge in [0.05, 0.1) is 5.92 Å². The molecule has 1 fully saturated rings. The van der Waals surface area contributed by atoms with Crippen LogP contribution in [0.1, 0.15) is 12.0 Å². The summed E-state index contributed by atoms with van der Waals surface area (Å²) in [5.74, 6) is 0.835. The van der Waals surface area contributed by atoms with Crippen molar-refractivity contribution in [1.29, 1.82) is 0 Å². The summed E-state index contributed by atoms with van der Waals surface area (Å²) in [5, 5.41) is 4.17. The molecule has 2 aliphatic heterocycles. The fourth-order valence-electron chi connectivity index (χ4n) is 4.14. The molecule has 0 bridgehead atoms. The van der Waals surface area contributed by atoms with Gasteiger partial charge in [-0.2, -0.15) is 0 Å². The fraction of sp³-hybridized carbons (Fsp3) is 0.304. The predicted molar refractivity (Wildman–Crippen MR) is 113 cm³/mol. The number of nitrogens with zero attached hydrogens (tertiary/aromatic N) is 1. The molecule has 3 heterocycles. The number of aromatic amines is 1. The standard InChI is InChI=1S/C23H23N3O4/c27-22-11-16(14-26(22)17-5-6-20-21(12-17)30-10-9-29-20)23(28)24-8-7-15-13-25-19-4-2-1-3-18(15)19/h1-6,12-13,16,25H,7-11,14H2,(H,24,28)/t16-/m0/s1. The Morgan fingerprint density at radius 2 is 1.97 bits per heavy atom. The Bertz CT molecular complexity index is 1110. The topological polar surface area (TPSA) is 83.7 Å². The zero-order valence-electron chi connectivity index (χ0n) is 16.5. The van der Waals surface area contributed by atoms with Crippen molar-refractivity contribution in [3.05, 3.63) is 54.2 Å². The molecule has 0 unspecified atom stereocenters. The van der Waals surface area contributed by atoms with Crippen LogP contribution in [0.3, 0.4) is 0 Å². The molecule has 5 rings (SSSR count). The molecule has 154 valence electrons. The van der Waals surface area contributed by atoms with Crippen LogP contribution in [0.5, 0.6) is 11.5 Å². The highest BCUT2D eigenvalue weighted by Gasteiger charge is 2.35. The van der Waals surface area contributed by atoms with Gasteiger partial charge in [-0.1, -0.05) is 18.2 Å². The van der Waals surface area contributed by atoms with Crippen molar-refractivity contribution in [2.45, 2.75) is 12.8 Å². The van der Waals surface area contributed by atoms with E-state index < -0.39 is 0 Å². The second-order valence-corrected chi connectivity index (χ2v) is 7.63. The van der Waals surface area contributed by atoms with Gasteiger partial charge in [-0.3, -0.25) is 9.59 Å². The Morgan fingerprint density at radius 1 is 1.13 bits per heavy atom. The maximum Gasteiger partial charge on any atom is 0.227 e. The third kappa shape index (κ3) is 3.47. The van der Waals surface area contributed by atoms with Crippen molar-refractivity contribution in [1.82, 2.24) is 10.3 Å². The first-order valence-corrected chi connectivity index (χ1v) is 10.2. The van der Waals surface area contributed by atoms with E-state index in [1.807, 2.05) is 42.6 Å². The summed E-state index contributed by atoms with van der Waals surface area (Å²) in [6.45, 7) is 1.93. The molecule has 2 amide bonds. The molecule has 7 heteroatoms. The minimum Gasteiger partial charge on any atom is -0.486 e. The molecule has 0 saturated carbocycles. The van der Waals surface area contributed by atoms with Crippen molar-refractivity contribution >= 4 is 28.4 Å². The van der Waals surface area contributed by atoms with Gasteiger partial charge in [-0.15, -0.1) is 0 Å². The molecule has 0 spiro atoms. The maximum atomic E-state index is 12.7. The number of benzene rings is 2. The summed E-state index contributed by atoms with van der Waals surface area (Å²) in [6.07, 6.45) is 2.94. The van der Waals surface area contributed by atoms with Gasteiger partial charge in [0.15, 0.2) is 11.5 Å². The number of H-pyrrole nitrogens is 1. The smallest absolute Gasteiger partial charge is 0.227 e. The summed E-state index contributed by atoms with van der Waals surface area (Å²) in [7, 11) is 0. The van der Waals surface area contributed by atoms with Crippen molar-refractivity contribution in [2.75, 3.05) is 31.2 Å². The predicted octanol–water partition coefficient (Wildman–Crippen LogP) is 2.65. The fourth-order valence-corrected chi connectivity index (χ4v) is 4.14. The first-order valence-electron chi connectivity index (χ1n) is 10.2. The largest absolute Gasteiger partial charge is 0.486 e. The van der Waals surface area contributed by atoms with E-state index >= 15 is 0 Å². The number of amides is 2. The highest BCUT2D eigenvalue weighted by Crippen LogP contribution is 2.36. The summed E-state index contributed by atoms with van der Waals surface area (Å²) in [6, 6.07) is 13.6. The average molecular weight is 405 g/mol. The number of fused-ring (bicyclic) bond motifs is 2. The second kappa shape index (κ2) is 7.74. The highest BCUT2D eigenvalue weighted by molar-refractivity contribution is 6.00. The van der Waals surface area contributed by atoms with Gasteiger partial charge in [-0.05, 0) is 30.2 Å². The van der Waals surface area contributed by atoms with Crippen LogP contribution in [0.15, 0.2) is 48.7 Å². The SMILES string of the molecule is O=C(NCCc1c[nH]c2ccccc12)[C@H]1CC(=O)N(c2ccc3c(c2)OCCO3)C1. The number of carbonyl (C=O) groups is 2. The number of nitrogens with one attached hydrogen (secondary N) is 2. The molecular weight excluding hydrogens is 382 g/mol. The van der Waals surface area contributed by atoms with Crippen LogP contribution in [-0.4, -0.2) is 43.1 Å². The molecule has 0 aliphatic carbocycles. The number of rotatable bonds is 5. The van der Waals surface area contributed by atoms with E-state index in [1.54, 1.807) is 4.90 Å². The second-order valence-electron chi connectivity index (χ2n) is 7.63. The van der Waals surface area contributed by atoms with Crippen molar-refractivity contribution in [3.63, 3.8) is 0 Å². The Hall–Kier alpha value is -3.48. The lowest BCUT2D eigenvalue weighted by Crippen LogP contribution is -2.34. The van der Waals surface area contributed by atoms with E-state index in [-0.39, 0.29) is 24.2 Å². The van der Waals surface area contributed by atoms with Crippen LogP contribution in [0.25, 0.3) is 10.9 Å². The normalized spacial score (nSPS) is 18.1. The number of anilines is 1. The number of hydrogen-bond donors (Lipinski definition) is 2. The highest BCUT2D eigenvalue weighted by atomic mass is 16.6. The molecule has 3 aromatic rings. The number of carbonyl (C=O) groups excluding carboxylic acids is 2. The Balaban J connectivity index is 1.19. The Morgan fingerprint density at radius 3 is 2.87 bits per heavy atom. The van der Waals surface area contributed by atoms with Crippen molar-refractivity contribution in [2.24, 2.45) is 5.92 Å². The van der Waals surface area contributed by atoms with Gasteiger partial charge >= 0.3 is 0 Å². The molecule has 2 N–H and O–H groups in total. The third-order valence-electron chi connectivity index (χ3n) is 5.70. The molecule has 2 aromatic carbocycles. The van der Waals surface area contributed by atoms with Gasteiger partial charge in [0.25, 0.3) is 0 Å². The van der Waals surface area contributed by atoms with E-state index in [0.717, 1.165) is 17.6 Å². The number of aromatic nitrogens is 1. The van der Waals surface area contributed by atoms with Gasteiger partial charge in [-0.25, -0.2) is 0 Å². The lowest BCUT2D eigenvalue weighted by molar-refractivity contribution is -0.126. The average Bonchev–Trinajstić information content (AvgIpc) is 3.37. The Kier molecular flexibility index (Phi) is 4.78. The summed E-state index contributed by atoms with van der Waals surface area (Å²) < 4.78 is 11.1. The van der Waals surface area contributed by atoms with Crippen LogP contribution >= 0.6 is 0 Å². The van der Waals surface area contributed by atoms with Crippen LogP contribution < -0.4 is 19.7 Å². The van der Waals surface area contributed by atoms with Crippen LogP contribution in [0.2, 0.25) is 0 Å². The van der Waals surface area contributed by atoms with Crippen LogP contribution in [0, 0.1) is 5.92 Å². The maximum absolute atomic E-state index is 12.7. The first-order chi connectivity index (χ1) is 14.7. The lowest BCUT2D eigenvalue weighted by Gasteiger charge is -2.22. The van der Waals surface area contributed by atoms with E-state index in [9.17, 15) is 9.59 Å². The first kappa shape index (κ1) is 18.5. The zero-order chi connectivity index (χ0) is 20.5. The number of ether oxygens (including phenoxy) is 2. The molecular formula is C23H23N3O4. The zero-order valence-corrected chi connectivity index (χ0v) is 16.5. The Labute approximate surface area is 174 Å². The van der Waals surface area contributed by atoms with Crippen molar-refractivity contribution < 1.29 is 19.1 Å². The summed E-state index contributed by atoms with van der Waals surface area (Å²) in [5.41, 5.74) is 3.00. The minimum atomic E-state index is -0.353. The van der Waals surface area contributed by atoms with E-state index in [0.29, 0.717) is 37.8 Å². The van der Waals surface area contributed by atoms with Crippen LogP contribution in [0.4, 0.5) is 5.69 Å². The monoisotopic (exact) mass is 405 g/mol. The lowest BCUT2D eigenvalue weighted by atomic mass is 10.1. The third-order valence-corrected chi connectivity index (χ3v) is 5.70. The number of para-hydroxylation sites is 1. The molecule has 30 heavy (non-hydrogen) atoms. The minimum absolute atomic E-state index is 0.0524. The molecule has 1 saturated heterocycles. The van der Waals surface area contributed by atoms with Gasteiger partial charge in [0.2, 0.25) is 11.8 Å². The van der Waals surface area contributed by atoms with Gasteiger partial charge in [0, 0.05) is 48.4 Å². The van der Waals surface area contributed by atoms with E-state index in [2.05, 4.69) is 16.4 Å².